The minimum Gasteiger partial charge on any atom is -0.0654 e. The van der Waals surface area contributed by atoms with Gasteiger partial charge in [-0.05, 0) is 79.4 Å². The van der Waals surface area contributed by atoms with Gasteiger partial charge >= 0.3 is 0 Å². The van der Waals surface area contributed by atoms with E-state index in [2.05, 4.69) is 41.5 Å². The lowest BCUT2D eigenvalue weighted by Gasteiger charge is -2.46. The molecule has 2 saturated carbocycles. The van der Waals surface area contributed by atoms with Gasteiger partial charge in [0.1, 0.15) is 0 Å². The lowest BCUT2D eigenvalue weighted by atomic mass is 9.59. The third kappa shape index (κ3) is 5.49. The maximum Gasteiger partial charge on any atom is -0.0297 e. The van der Waals surface area contributed by atoms with E-state index in [1.165, 1.54) is 83.5 Å². The standard InChI is InChI=1S/C25H48/c1-7-17-25(6,23-15-11-21(4)12-16-23)19-18-24(5,8-2)22-13-9-20(3)10-14-22/h20-23H,7-19H2,1-6H3. The molecular formula is C25H48. The predicted octanol–water partition coefficient (Wildman–Crippen LogP) is 8.64. The fourth-order valence-corrected chi connectivity index (χ4v) is 6.26. The van der Waals surface area contributed by atoms with Crippen molar-refractivity contribution in [1.29, 1.82) is 0 Å². The molecule has 2 fully saturated rings. The highest BCUT2D eigenvalue weighted by molar-refractivity contribution is 4.90. The second kappa shape index (κ2) is 9.27. The van der Waals surface area contributed by atoms with Crippen molar-refractivity contribution in [2.45, 2.75) is 125 Å². The van der Waals surface area contributed by atoms with Gasteiger partial charge in [-0.2, -0.15) is 0 Å². The number of hydrogen-bond donors (Lipinski definition) is 0. The van der Waals surface area contributed by atoms with Gasteiger partial charge in [0.2, 0.25) is 0 Å². The van der Waals surface area contributed by atoms with Crippen LogP contribution in [0.4, 0.5) is 0 Å². The Morgan fingerprint density at radius 2 is 1.00 bits per heavy atom. The minimum absolute atomic E-state index is 0.594. The first-order valence-electron chi connectivity index (χ1n) is 11.8. The van der Waals surface area contributed by atoms with Crippen LogP contribution < -0.4 is 0 Å². The van der Waals surface area contributed by atoms with E-state index in [9.17, 15) is 0 Å². The highest BCUT2D eigenvalue weighted by Gasteiger charge is 2.40. The minimum atomic E-state index is 0.594. The molecule has 0 aromatic rings. The van der Waals surface area contributed by atoms with Gasteiger partial charge in [0.05, 0.1) is 0 Å². The van der Waals surface area contributed by atoms with Crippen LogP contribution in [0.2, 0.25) is 0 Å². The van der Waals surface area contributed by atoms with Crippen molar-refractivity contribution in [2.24, 2.45) is 34.5 Å². The Labute approximate surface area is 159 Å². The average molecular weight is 349 g/mol. The fourth-order valence-electron chi connectivity index (χ4n) is 6.26. The second-order valence-electron chi connectivity index (χ2n) is 10.8. The van der Waals surface area contributed by atoms with Crippen LogP contribution in [0, 0.1) is 34.5 Å². The van der Waals surface area contributed by atoms with E-state index in [1.54, 1.807) is 0 Å². The topological polar surface area (TPSA) is 0 Å². The first kappa shape index (κ1) is 21.3. The van der Waals surface area contributed by atoms with Crippen molar-refractivity contribution in [2.75, 3.05) is 0 Å². The van der Waals surface area contributed by atoms with E-state index in [0.29, 0.717) is 10.8 Å². The van der Waals surface area contributed by atoms with Gasteiger partial charge in [0, 0.05) is 0 Å². The highest BCUT2D eigenvalue weighted by Crippen LogP contribution is 2.51. The summed E-state index contributed by atoms with van der Waals surface area (Å²) in [5, 5.41) is 0. The van der Waals surface area contributed by atoms with Gasteiger partial charge in [-0.3, -0.25) is 0 Å². The SMILES string of the molecule is CCCC(C)(CCC(C)(CC)C1CCC(C)CC1)C1CCC(C)CC1. The molecule has 2 unspecified atom stereocenters. The normalized spacial score (nSPS) is 35.8. The van der Waals surface area contributed by atoms with Crippen molar-refractivity contribution in [1.82, 2.24) is 0 Å². The monoisotopic (exact) mass is 348 g/mol. The Morgan fingerprint density at radius 3 is 1.40 bits per heavy atom. The average Bonchev–Trinajstić information content (AvgIpc) is 2.61. The summed E-state index contributed by atoms with van der Waals surface area (Å²) in [6.45, 7) is 15.1. The quantitative estimate of drug-likeness (QED) is 0.411. The smallest absolute Gasteiger partial charge is 0.0297 e. The Morgan fingerprint density at radius 1 is 0.600 bits per heavy atom. The summed E-state index contributed by atoms with van der Waals surface area (Å²) in [7, 11) is 0. The zero-order chi connectivity index (χ0) is 18.5. The molecule has 0 N–H and O–H groups in total. The lowest BCUT2D eigenvalue weighted by molar-refractivity contribution is 0.0469. The van der Waals surface area contributed by atoms with Crippen molar-refractivity contribution in [3.63, 3.8) is 0 Å². The third-order valence-electron chi connectivity index (χ3n) is 8.90. The molecule has 0 aliphatic heterocycles. The molecule has 0 aromatic carbocycles. The van der Waals surface area contributed by atoms with Crippen LogP contribution >= 0.6 is 0 Å². The Kier molecular flexibility index (Phi) is 7.90. The van der Waals surface area contributed by atoms with E-state index in [4.69, 9.17) is 0 Å². The molecule has 0 bridgehead atoms. The zero-order valence-electron chi connectivity index (χ0n) is 18.5. The molecular weight excluding hydrogens is 300 g/mol. The van der Waals surface area contributed by atoms with Gasteiger partial charge in [0.15, 0.2) is 0 Å². The molecule has 2 aliphatic rings. The van der Waals surface area contributed by atoms with Crippen molar-refractivity contribution in [3.05, 3.63) is 0 Å². The Bertz CT molecular complexity index is 369. The van der Waals surface area contributed by atoms with Crippen molar-refractivity contribution >= 4 is 0 Å². The molecule has 2 rings (SSSR count). The van der Waals surface area contributed by atoms with E-state index < -0.39 is 0 Å². The predicted molar refractivity (Wildman–Crippen MR) is 113 cm³/mol. The summed E-state index contributed by atoms with van der Waals surface area (Å²) in [4.78, 5) is 0. The molecule has 0 heterocycles. The molecule has 2 aliphatic carbocycles. The molecule has 0 spiro atoms. The van der Waals surface area contributed by atoms with Crippen molar-refractivity contribution in [3.8, 4) is 0 Å². The highest BCUT2D eigenvalue weighted by atomic mass is 14.4. The van der Waals surface area contributed by atoms with Gasteiger partial charge < -0.3 is 0 Å². The largest absolute Gasteiger partial charge is 0.0654 e. The van der Waals surface area contributed by atoms with Gasteiger partial charge in [-0.25, -0.2) is 0 Å². The third-order valence-corrected chi connectivity index (χ3v) is 8.90. The zero-order valence-corrected chi connectivity index (χ0v) is 18.5. The Hall–Kier alpha value is 0. The molecule has 2 atom stereocenters. The summed E-state index contributed by atoms with van der Waals surface area (Å²) in [6.07, 6.45) is 19.1. The van der Waals surface area contributed by atoms with Crippen LogP contribution in [-0.4, -0.2) is 0 Å². The summed E-state index contributed by atoms with van der Waals surface area (Å²) in [6, 6.07) is 0. The molecule has 0 aromatic heterocycles. The first-order valence-corrected chi connectivity index (χ1v) is 11.8. The van der Waals surface area contributed by atoms with Crippen LogP contribution in [-0.2, 0) is 0 Å². The summed E-state index contributed by atoms with van der Waals surface area (Å²) in [5.41, 5.74) is 1.20. The maximum atomic E-state index is 2.66. The second-order valence-corrected chi connectivity index (χ2v) is 10.8. The molecule has 0 nitrogen and oxygen atoms in total. The molecule has 148 valence electrons. The van der Waals surface area contributed by atoms with E-state index in [-0.39, 0.29) is 0 Å². The van der Waals surface area contributed by atoms with Crippen LogP contribution in [0.25, 0.3) is 0 Å². The summed E-state index contributed by atoms with van der Waals surface area (Å²) < 4.78 is 0. The maximum absolute atomic E-state index is 2.66. The molecule has 0 amide bonds. The van der Waals surface area contributed by atoms with Crippen LogP contribution in [0.15, 0.2) is 0 Å². The first-order chi connectivity index (χ1) is 11.8. The molecule has 0 heteroatoms. The fraction of sp³-hybridized carbons (Fsp3) is 1.00. The van der Waals surface area contributed by atoms with Crippen molar-refractivity contribution < 1.29 is 0 Å². The van der Waals surface area contributed by atoms with Gasteiger partial charge in [-0.15, -0.1) is 0 Å². The van der Waals surface area contributed by atoms with E-state index in [0.717, 1.165) is 23.7 Å². The lowest BCUT2D eigenvalue weighted by Crippen LogP contribution is -2.35. The van der Waals surface area contributed by atoms with Crippen LogP contribution in [0.5, 0.6) is 0 Å². The van der Waals surface area contributed by atoms with Gasteiger partial charge in [-0.1, -0.05) is 80.1 Å². The number of hydrogen-bond acceptors (Lipinski definition) is 0. The van der Waals surface area contributed by atoms with Gasteiger partial charge in [0.25, 0.3) is 0 Å². The molecule has 25 heavy (non-hydrogen) atoms. The van der Waals surface area contributed by atoms with Crippen LogP contribution in [0.3, 0.4) is 0 Å². The number of rotatable bonds is 8. The molecule has 0 radical (unpaired) electrons. The molecule has 0 saturated heterocycles. The summed E-state index contributed by atoms with van der Waals surface area (Å²) >= 11 is 0. The van der Waals surface area contributed by atoms with E-state index in [1.807, 2.05) is 0 Å². The summed E-state index contributed by atoms with van der Waals surface area (Å²) in [5.74, 6) is 3.95. The van der Waals surface area contributed by atoms with Crippen LogP contribution in [0.1, 0.15) is 125 Å². The van der Waals surface area contributed by atoms with E-state index >= 15 is 0 Å². The Balaban J connectivity index is 2.00.